The molecular weight excluding hydrogens is 261 g/mol. The third-order valence-electron chi connectivity index (χ3n) is 2.32. The third-order valence-corrected chi connectivity index (χ3v) is 2.56. The maximum Gasteiger partial charge on any atom is 0.358 e. The number of nitrogens with zero attached hydrogens (tertiary/aromatic N) is 3. The largest absolute Gasteiger partial charge is 0.476 e. The van der Waals surface area contributed by atoms with Crippen LogP contribution in [0.3, 0.4) is 0 Å². The Labute approximate surface area is 107 Å². The number of hydrogen-bond acceptors (Lipinski definition) is 3. The van der Waals surface area contributed by atoms with Gasteiger partial charge in [0.25, 0.3) is 0 Å². The molecule has 2 aromatic rings. The predicted octanol–water partition coefficient (Wildman–Crippen LogP) is 2.46. The molecule has 0 radical (unpaired) electrons. The summed E-state index contributed by atoms with van der Waals surface area (Å²) >= 11 is 5.77. The van der Waals surface area contributed by atoms with E-state index in [2.05, 4.69) is 10.2 Å². The minimum Gasteiger partial charge on any atom is -0.476 e. The van der Waals surface area contributed by atoms with Crippen LogP contribution in [0.25, 0.3) is 11.3 Å². The summed E-state index contributed by atoms with van der Waals surface area (Å²) in [6, 6.07) is 3.87. The Morgan fingerprint density at radius 3 is 2.83 bits per heavy atom. The molecule has 0 fully saturated rings. The molecule has 0 saturated heterocycles. The zero-order chi connectivity index (χ0) is 13.3. The van der Waals surface area contributed by atoms with Gasteiger partial charge in [-0.3, -0.25) is 0 Å². The smallest absolute Gasteiger partial charge is 0.358 e. The van der Waals surface area contributed by atoms with Crippen molar-refractivity contribution in [3.63, 3.8) is 0 Å². The molecule has 5 nitrogen and oxygen atoms in total. The molecule has 0 amide bonds. The van der Waals surface area contributed by atoms with Crippen molar-refractivity contribution in [3.8, 4) is 11.3 Å². The number of hydrogen-bond donors (Lipinski definition) is 1. The van der Waals surface area contributed by atoms with Crippen molar-refractivity contribution in [2.75, 3.05) is 0 Å². The van der Waals surface area contributed by atoms with Gasteiger partial charge in [-0.15, -0.1) is 5.10 Å². The fraction of sp³-hybridized carbons (Fsp3) is 0.182. The van der Waals surface area contributed by atoms with Gasteiger partial charge in [-0.05, 0) is 25.1 Å². The molecule has 18 heavy (non-hydrogen) atoms. The van der Waals surface area contributed by atoms with Gasteiger partial charge >= 0.3 is 5.97 Å². The Hall–Kier alpha value is -1.95. The average Bonchev–Trinajstić information content (AvgIpc) is 2.76. The molecule has 0 atom stereocenters. The van der Waals surface area contributed by atoms with Crippen LogP contribution in [0.2, 0.25) is 5.02 Å². The van der Waals surface area contributed by atoms with Crippen LogP contribution in [0.4, 0.5) is 4.39 Å². The van der Waals surface area contributed by atoms with Crippen molar-refractivity contribution < 1.29 is 14.3 Å². The number of carboxylic acids is 1. The van der Waals surface area contributed by atoms with E-state index in [-0.39, 0.29) is 17.0 Å². The number of benzene rings is 1. The molecule has 2 rings (SSSR count). The molecule has 0 bridgehead atoms. The van der Waals surface area contributed by atoms with E-state index in [1.807, 2.05) is 0 Å². The van der Waals surface area contributed by atoms with Crippen LogP contribution in [0.5, 0.6) is 0 Å². The van der Waals surface area contributed by atoms with E-state index in [1.54, 1.807) is 6.92 Å². The Morgan fingerprint density at radius 1 is 1.50 bits per heavy atom. The second-order valence-electron chi connectivity index (χ2n) is 3.52. The van der Waals surface area contributed by atoms with E-state index in [0.29, 0.717) is 11.6 Å². The van der Waals surface area contributed by atoms with Crippen molar-refractivity contribution in [3.05, 3.63) is 34.7 Å². The summed E-state index contributed by atoms with van der Waals surface area (Å²) in [7, 11) is 0. The SMILES string of the molecule is CCn1nc(C(=O)O)c(-c2cc(Cl)ccc2F)n1. The summed E-state index contributed by atoms with van der Waals surface area (Å²) in [5.74, 6) is -1.85. The van der Waals surface area contributed by atoms with E-state index >= 15 is 0 Å². The van der Waals surface area contributed by atoms with Crippen molar-refractivity contribution in [1.29, 1.82) is 0 Å². The first-order valence-corrected chi connectivity index (χ1v) is 5.54. The van der Waals surface area contributed by atoms with E-state index in [9.17, 15) is 9.18 Å². The highest BCUT2D eigenvalue weighted by Gasteiger charge is 2.21. The highest BCUT2D eigenvalue weighted by molar-refractivity contribution is 6.30. The molecule has 1 N–H and O–H groups in total. The lowest BCUT2D eigenvalue weighted by molar-refractivity contribution is 0.0690. The van der Waals surface area contributed by atoms with Crippen molar-refractivity contribution >= 4 is 17.6 Å². The molecule has 0 spiro atoms. The number of carboxylic acid groups (broad SMARTS) is 1. The number of aromatic nitrogens is 3. The van der Waals surface area contributed by atoms with Crippen LogP contribution >= 0.6 is 11.6 Å². The number of aromatic carboxylic acids is 1. The standard InChI is InChI=1S/C11H9ClFN3O2/c1-2-16-14-9(10(15-16)11(17)18)7-5-6(12)3-4-8(7)13/h3-5H,2H2,1H3,(H,17,18). The van der Waals surface area contributed by atoms with Crippen LogP contribution in [0, 0.1) is 5.82 Å². The van der Waals surface area contributed by atoms with E-state index < -0.39 is 11.8 Å². The fourth-order valence-electron chi connectivity index (χ4n) is 1.49. The molecule has 1 aromatic carbocycles. The summed E-state index contributed by atoms with van der Waals surface area (Å²) < 4.78 is 13.7. The fourth-order valence-corrected chi connectivity index (χ4v) is 1.67. The molecule has 0 aliphatic heterocycles. The van der Waals surface area contributed by atoms with Crippen LogP contribution in [-0.4, -0.2) is 26.1 Å². The van der Waals surface area contributed by atoms with Crippen LogP contribution < -0.4 is 0 Å². The summed E-state index contributed by atoms with van der Waals surface area (Å²) in [5, 5.41) is 17.0. The molecule has 7 heteroatoms. The van der Waals surface area contributed by atoms with Gasteiger partial charge in [0.1, 0.15) is 11.5 Å². The van der Waals surface area contributed by atoms with Gasteiger partial charge in [0.05, 0.1) is 6.54 Å². The summed E-state index contributed by atoms with van der Waals surface area (Å²) in [6.45, 7) is 2.15. The minimum absolute atomic E-state index is 0.0237. The first-order chi connectivity index (χ1) is 8.52. The Morgan fingerprint density at radius 2 is 2.22 bits per heavy atom. The molecule has 1 heterocycles. The molecular formula is C11H9ClFN3O2. The lowest BCUT2D eigenvalue weighted by Crippen LogP contribution is -2.02. The summed E-state index contributed by atoms with van der Waals surface area (Å²) in [6.07, 6.45) is 0. The van der Waals surface area contributed by atoms with Crippen LogP contribution in [-0.2, 0) is 6.54 Å². The molecule has 94 valence electrons. The van der Waals surface area contributed by atoms with E-state index in [4.69, 9.17) is 16.7 Å². The van der Waals surface area contributed by atoms with E-state index in [1.165, 1.54) is 16.9 Å². The van der Waals surface area contributed by atoms with Gasteiger partial charge in [-0.1, -0.05) is 11.6 Å². The van der Waals surface area contributed by atoms with Gasteiger partial charge in [-0.2, -0.15) is 9.90 Å². The molecule has 0 saturated carbocycles. The van der Waals surface area contributed by atoms with Crippen molar-refractivity contribution in [2.45, 2.75) is 13.5 Å². The normalized spacial score (nSPS) is 10.6. The molecule has 1 aromatic heterocycles. The zero-order valence-electron chi connectivity index (χ0n) is 9.39. The van der Waals surface area contributed by atoms with Gasteiger partial charge in [-0.25, -0.2) is 9.18 Å². The number of aryl methyl sites for hydroxylation is 1. The van der Waals surface area contributed by atoms with Gasteiger partial charge in [0.15, 0.2) is 5.69 Å². The highest BCUT2D eigenvalue weighted by Crippen LogP contribution is 2.26. The zero-order valence-corrected chi connectivity index (χ0v) is 10.1. The van der Waals surface area contributed by atoms with Gasteiger partial charge < -0.3 is 5.11 Å². The van der Waals surface area contributed by atoms with Crippen molar-refractivity contribution in [1.82, 2.24) is 15.0 Å². The number of carbonyl (C=O) groups is 1. The lowest BCUT2D eigenvalue weighted by atomic mass is 10.1. The second kappa shape index (κ2) is 4.73. The highest BCUT2D eigenvalue weighted by atomic mass is 35.5. The number of rotatable bonds is 3. The summed E-state index contributed by atoms with van der Waals surface area (Å²) in [5.41, 5.74) is -0.290. The van der Waals surface area contributed by atoms with Crippen LogP contribution in [0.15, 0.2) is 18.2 Å². The maximum absolute atomic E-state index is 13.7. The molecule has 0 aliphatic carbocycles. The quantitative estimate of drug-likeness (QED) is 0.929. The maximum atomic E-state index is 13.7. The average molecular weight is 270 g/mol. The topological polar surface area (TPSA) is 68.0 Å². The summed E-state index contributed by atoms with van der Waals surface area (Å²) in [4.78, 5) is 12.2. The Bertz CT molecular complexity index is 612. The first kappa shape index (κ1) is 12.5. The predicted molar refractivity (Wildman–Crippen MR) is 63.1 cm³/mol. The van der Waals surface area contributed by atoms with Gasteiger partial charge in [0, 0.05) is 10.6 Å². The lowest BCUT2D eigenvalue weighted by Gasteiger charge is -2.00. The Balaban J connectivity index is 2.65. The van der Waals surface area contributed by atoms with Crippen molar-refractivity contribution in [2.24, 2.45) is 0 Å². The van der Waals surface area contributed by atoms with Gasteiger partial charge in [0.2, 0.25) is 0 Å². The minimum atomic E-state index is -1.26. The number of halogens is 2. The monoisotopic (exact) mass is 269 g/mol. The third kappa shape index (κ3) is 2.19. The second-order valence-corrected chi connectivity index (χ2v) is 3.95. The molecule has 0 aliphatic rings. The van der Waals surface area contributed by atoms with E-state index in [0.717, 1.165) is 6.07 Å². The Kier molecular flexibility index (Phi) is 3.29. The first-order valence-electron chi connectivity index (χ1n) is 5.16. The van der Waals surface area contributed by atoms with Crippen LogP contribution in [0.1, 0.15) is 17.4 Å². The molecule has 0 unspecified atom stereocenters.